The fourth-order valence-corrected chi connectivity index (χ4v) is 0.920. The Morgan fingerprint density at radius 3 is 2.33 bits per heavy atom. The number of esters is 1. The van der Waals surface area contributed by atoms with Gasteiger partial charge in [-0.05, 0) is 24.8 Å². The van der Waals surface area contributed by atoms with Crippen molar-refractivity contribution in [3.8, 4) is 0 Å². The Balaban J connectivity index is 4.21. The van der Waals surface area contributed by atoms with Crippen LogP contribution >= 0.6 is 0 Å². The average Bonchev–Trinajstić information content (AvgIpc) is 2.12. The fraction of sp³-hybridized carbons (Fsp3) is 0.667. The Kier molecular flexibility index (Phi) is 5.17. The lowest BCUT2D eigenvalue weighted by Crippen LogP contribution is -2.06. The van der Waals surface area contributed by atoms with Crippen molar-refractivity contribution in [3.63, 3.8) is 0 Å². The standard InChI is InChI=1S/C9H16O3/c1-4-7(5-2)6-8(10)9(11)12-3/h6-7,10H,4-5H2,1-3H3/b8-6-. The molecule has 0 radical (unpaired) electrons. The quantitative estimate of drug-likeness (QED) is 0.401. The molecule has 0 unspecified atom stereocenters. The van der Waals surface area contributed by atoms with Crippen molar-refractivity contribution in [2.75, 3.05) is 7.11 Å². The van der Waals surface area contributed by atoms with Crippen LogP contribution in [0.2, 0.25) is 0 Å². The third-order valence-corrected chi connectivity index (χ3v) is 1.84. The van der Waals surface area contributed by atoms with E-state index in [-0.39, 0.29) is 11.7 Å². The fourth-order valence-electron chi connectivity index (χ4n) is 0.920. The van der Waals surface area contributed by atoms with Gasteiger partial charge in [0.25, 0.3) is 0 Å². The number of allylic oxidation sites excluding steroid dienone is 1. The van der Waals surface area contributed by atoms with Gasteiger partial charge in [-0.1, -0.05) is 13.8 Å². The first-order valence-electron chi connectivity index (χ1n) is 4.14. The highest BCUT2D eigenvalue weighted by atomic mass is 16.5. The van der Waals surface area contributed by atoms with Gasteiger partial charge in [0, 0.05) is 0 Å². The van der Waals surface area contributed by atoms with Crippen LogP contribution in [0.25, 0.3) is 0 Å². The molecular formula is C9H16O3. The summed E-state index contributed by atoms with van der Waals surface area (Å²) in [5.41, 5.74) is 0. The molecule has 3 heteroatoms. The number of methoxy groups -OCH3 is 1. The van der Waals surface area contributed by atoms with Crippen LogP contribution in [0.3, 0.4) is 0 Å². The summed E-state index contributed by atoms with van der Waals surface area (Å²) in [5.74, 6) is -0.697. The molecule has 0 amide bonds. The van der Waals surface area contributed by atoms with Crippen LogP contribution < -0.4 is 0 Å². The molecule has 0 aromatic heterocycles. The van der Waals surface area contributed by atoms with Gasteiger partial charge in [-0.2, -0.15) is 0 Å². The molecule has 0 rings (SSSR count). The molecule has 0 bridgehead atoms. The topological polar surface area (TPSA) is 46.5 Å². The van der Waals surface area contributed by atoms with Crippen LogP contribution in [-0.4, -0.2) is 18.2 Å². The van der Waals surface area contributed by atoms with Gasteiger partial charge in [0.1, 0.15) is 0 Å². The third-order valence-electron chi connectivity index (χ3n) is 1.84. The van der Waals surface area contributed by atoms with E-state index in [0.29, 0.717) is 0 Å². The van der Waals surface area contributed by atoms with E-state index in [1.54, 1.807) is 6.08 Å². The first-order chi connectivity index (χ1) is 5.65. The molecule has 0 heterocycles. The molecule has 0 saturated heterocycles. The minimum atomic E-state index is -0.665. The predicted octanol–water partition coefficient (Wildman–Crippen LogP) is 2.04. The molecule has 12 heavy (non-hydrogen) atoms. The van der Waals surface area contributed by atoms with Crippen LogP contribution in [0, 0.1) is 5.92 Å². The van der Waals surface area contributed by atoms with Gasteiger partial charge < -0.3 is 9.84 Å². The minimum Gasteiger partial charge on any atom is -0.502 e. The van der Waals surface area contributed by atoms with Gasteiger partial charge in [-0.25, -0.2) is 4.79 Å². The number of ether oxygens (including phenoxy) is 1. The first kappa shape index (κ1) is 11.0. The lowest BCUT2D eigenvalue weighted by molar-refractivity contribution is -0.139. The summed E-state index contributed by atoms with van der Waals surface area (Å²) >= 11 is 0. The van der Waals surface area contributed by atoms with Crippen molar-refractivity contribution >= 4 is 5.97 Å². The van der Waals surface area contributed by atoms with Crippen LogP contribution in [-0.2, 0) is 9.53 Å². The van der Waals surface area contributed by atoms with E-state index in [0.717, 1.165) is 12.8 Å². The van der Waals surface area contributed by atoms with E-state index in [1.165, 1.54) is 7.11 Å². The zero-order valence-corrected chi connectivity index (χ0v) is 7.83. The zero-order valence-electron chi connectivity index (χ0n) is 7.83. The second-order valence-corrected chi connectivity index (χ2v) is 2.62. The van der Waals surface area contributed by atoms with E-state index < -0.39 is 5.97 Å². The van der Waals surface area contributed by atoms with E-state index >= 15 is 0 Å². The Morgan fingerprint density at radius 2 is 2.00 bits per heavy atom. The third kappa shape index (κ3) is 3.42. The Bertz CT molecular complexity index is 169. The maximum Gasteiger partial charge on any atom is 0.372 e. The number of carbonyl (C=O) groups excluding carboxylic acids is 1. The largest absolute Gasteiger partial charge is 0.502 e. The molecule has 70 valence electrons. The molecule has 0 saturated carbocycles. The van der Waals surface area contributed by atoms with E-state index in [4.69, 9.17) is 5.11 Å². The van der Waals surface area contributed by atoms with Crippen molar-refractivity contribution in [1.82, 2.24) is 0 Å². The van der Waals surface area contributed by atoms with Gasteiger partial charge in [-0.3, -0.25) is 0 Å². The smallest absolute Gasteiger partial charge is 0.372 e. The highest BCUT2D eigenvalue weighted by Crippen LogP contribution is 2.11. The maximum atomic E-state index is 10.7. The second-order valence-electron chi connectivity index (χ2n) is 2.62. The highest BCUT2D eigenvalue weighted by Gasteiger charge is 2.09. The van der Waals surface area contributed by atoms with Crippen LogP contribution in [0.4, 0.5) is 0 Å². The summed E-state index contributed by atoms with van der Waals surface area (Å²) in [6, 6.07) is 0. The average molecular weight is 172 g/mol. The molecule has 0 aromatic rings. The normalized spacial score (nSPS) is 11.8. The summed E-state index contributed by atoms with van der Waals surface area (Å²) in [4.78, 5) is 10.7. The molecule has 0 aliphatic carbocycles. The number of aliphatic hydroxyl groups is 1. The lowest BCUT2D eigenvalue weighted by atomic mass is 10.0. The van der Waals surface area contributed by atoms with Crippen molar-refractivity contribution in [1.29, 1.82) is 0 Å². The number of rotatable bonds is 4. The molecule has 0 fully saturated rings. The van der Waals surface area contributed by atoms with Gasteiger partial charge in [0.05, 0.1) is 7.11 Å². The molecule has 1 N–H and O–H groups in total. The molecule has 0 spiro atoms. The summed E-state index contributed by atoms with van der Waals surface area (Å²) in [6.07, 6.45) is 3.38. The molecular weight excluding hydrogens is 156 g/mol. The van der Waals surface area contributed by atoms with Gasteiger partial charge in [0.2, 0.25) is 0 Å². The monoisotopic (exact) mass is 172 g/mol. The lowest BCUT2D eigenvalue weighted by Gasteiger charge is -2.06. The molecule has 0 aliphatic heterocycles. The number of carbonyl (C=O) groups is 1. The number of hydrogen-bond donors (Lipinski definition) is 1. The van der Waals surface area contributed by atoms with Crippen molar-refractivity contribution in [3.05, 3.63) is 11.8 Å². The summed E-state index contributed by atoms with van der Waals surface area (Å²) in [5, 5.41) is 9.14. The predicted molar refractivity (Wildman–Crippen MR) is 46.8 cm³/mol. The minimum absolute atomic E-state index is 0.254. The van der Waals surface area contributed by atoms with Crippen molar-refractivity contribution in [2.24, 2.45) is 5.92 Å². The molecule has 0 atom stereocenters. The molecule has 0 aromatic carbocycles. The number of aliphatic hydroxyl groups excluding tert-OH is 1. The Morgan fingerprint density at radius 1 is 1.50 bits per heavy atom. The summed E-state index contributed by atoms with van der Waals surface area (Å²) < 4.78 is 4.34. The highest BCUT2D eigenvalue weighted by molar-refractivity contribution is 5.85. The van der Waals surface area contributed by atoms with Gasteiger partial charge >= 0.3 is 5.97 Å². The molecule has 0 aliphatic rings. The molecule has 3 nitrogen and oxygen atoms in total. The van der Waals surface area contributed by atoms with Gasteiger partial charge in [-0.15, -0.1) is 0 Å². The van der Waals surface area contributed by atoms with Crippen molar-refractivity contribution < 1.29 is 14.6 Å². The van der Waals surface area contributed by atoms with E-state index in [2.05, 4.69) is 4.74 Å². The van der Waals surface area contributed by atoms with E-state index in [9.17, 15) is 4.79 Å². The first-order valence-corrected chi connectivity index (χ1v) is 4.14. The van der Waals surface area contributed by atoms with Crippen LogP contribution in [0.1, 0.15) is 26.7 Å². The maximum absolute atomic E-state index is 10.7. The van der Waals surface area contributed by atoms with Crippen LogP contribution in [0.15, 0.2) is 11.8 Å². The van der Waals surface area contributed by atoms with Crippen molar-refractivity contribution in [2.45, 2.75) is 26.7 Å². The van der Waals surface area contributed by atoms with Crippen LogP contribution in [0.5, 0.6) is 0 Å². The summed E-state index contributed by atoms with van der Waals surface area (Å²) in [7, 11) is 1.25. The second kappa shape index (κ2) is 5.63. The Labute approximate surface area is 73.0 Å². The summed E-state index contributed by atoms with van der Waals surface area (Å²) in [6.45, 7) is 4.02. The van der Waals surface area contributed by atoms with Gasteiger partial charge in [0.15, 0.2) is 5.76 Å². The number of hydrogen-bond acceptors (Lipinski definition) is 3. The van der Waals surface area contributed by atoms with E-state index in [1.807, 2.05) is 13.8 Å². The zero-order chi connectivity index (χ0) is 9.56. The Hall–Kier alpha value is -0.990. The SMILES string of the molecule is CCC(/C=C(\O)C(=O)OC)CC.